The van der Waals surface area contributed by atoms with Crippen molar-refractivity contribution in [3.05, 3.63) is 69.2 Å². The summed E-state index contributed by atoms with van der Waals surface area (Å²) in [5.41, 5.74) is -0.619. The highest BCUT2D eigenvalue weighted by molar-refractivity contribution is 6.30. The molecule has 0 spiro atoms. The maximum atomic E-state index is 13.4. The highest BCUT2D eigenvalue weighted by Gasteiger charge is 2.43. The van der Waals surface area contributed by atoms with Crippen molar-refractivity contribution >= 4 is 23.3 Å². The van der Waals surface area contributed by atoms with Gasteiger partial charge in [-0.3, -0.25) is 4.90 Å². The molecule has 0 saturated carbocycles. The van der Waals surface area contributed by atoms with Crippen LogP contribution in [0.5, 0.6) is 5.75 Å². The molecule has 0 bridgehead atoms. The van der Waals surface area contributed by atoms with E-state index in [4.69, 9.17) is 21.1 Å². The van der Waals surface area contributed by atoms with Gasteiger partial charge in [0.2, 0.25) is 0 Å². The van der Waals surface area contributed by atoms with Crippen molar-refractivity contribution in [2.24, 2.45) is 0 Å². The lowest BCUT2D eigenvalue weighted by Crippen LogP contribution is -2.34. The summed E-state index contributed by atoms with van der Waals surface area (Å²) in [4.78, 5) is 14.2. The third kappa shape index (κ3) is 5.68. The third-order valence-corrected chi connectivity index (χ3v) is 7.00. The molecule has 1 saturated heterocycles. The van der Waals surface area contributed by atoms with Crippen molar-refractivity contribution in [3.63, 3.8) is 0 Å². The van der Waals surface area contributed by atoms with E-state index in [2.05, 4.69) is 0 Å². The van der Waals surface area contributed by atoms with E-state index < -0.39 is 41.7 Å². The van der Waals surface area contributed by atoms with E-state index in [1.807, 2.05) is 0 Å². The summed E-state index contributed by atoms with van der Waals surface area (Å²) in [5, 5.41) is 0.507. The summed E-state index contributed by atoms with van der Waals surface area (Å²) in [6.45, 7) is 1.67. The number of methoxy groups -OCH3 is 1. The average Bonchev–Trinajstić information content (AvgIpc) is 3.11. The van der Waals surface area contributed by atoms with E-state index in [9.17, 15) is 31.1 Å². The second kappa shape index (κ2) is 10.1. The molecule has 2 aromatic rings. The van der Waals surface area contributed by atoms with Crippen LogP contribution in [0.15, 0.2) is 42.0 Å². The van der Waals surface area contributed by atoms with Crippen LogP contribution in [0.3, 0.4) is 0 Å². The molecule has 0 aromatic heterocycles. The van der Waals surface area contributed by atoms with Crippen LogP contribution in [0, 0.1) is 0 Å². The minimum Gasteiger partial charge on any atom is -0.496 e. The second-order valence-electron chi connectivity index (χ2n) is 9.15. The number of alkyl halides is 6. The molecule has 0 unspecified atom stereocenters. The number of nitrogens with zero attached hydrogens (tertiary/aromatic N) is 1. The molecule has 200 valence electrons. The number of hydrogen-bond donors (Lipinski definition) is 0. The van der Waals surface area contributed by atoms with Gasteiger partial charge >= 0.3 is 18.4 Å². The van der Waals surface area contributed by atoms with Gasteiger partial charge in [0.25, 0.3) is 0 Å². The molecular weight excluding hydrogens is 524 g/mol. The average molecular weight is 548 g/mol. The van der Waals surface area contributed by atoms with Crippen LogP contribution in [-0.4, -0.2) is 30.7 Å². The van der Waals surface area contributed by atoms with E-state index >= 15 is 0 Å². The fourth-order valence-electron chi connectivity index (χ4n) is 4.89. The summed E-state index contributed by atoms with van der Waals surface area (Å²) >= 11 is 6.21. The van der Waals surface area contributed by atoms with Gasteiger partial charge in [0.1, 0.15) is 11.9 Å². The molecule has 0 N–H and O–H groups in total. The molecular formula is C26H24ClF6NO3. The molecule has 1 amide bonds. The van der Waals surface area contributed by atoms with E-state index in [1.165, 1.54) is 12.0 Å². The number of carbonyl (C=O) groups excluding carboxylic acids is 1. The number of allylic oxidation sites excluding steroid dienone is 1. The fraction of sp³-hybridized carbons (Fsp3) is 0.423. The Balaban J connectivity index is 1.69. The van der Waals surface area contributed by atoms with Gasteiger partial charge in [-0.05, 0) is 85.7 Å². The summed E-state index contributed by atoms with van der Waals surface area (Å²) < 4.78 is 91.0. The van der Waals surface area contributed by atoms with Gasteiger partial charge in [0.05, 0.1) is 24.3 Å². The zero-order chi connectivity index (χ0) is 27.1. The molecule has 1 aliphatic carbocycles. The van der Waals surface area contributed by atoms with Crippen molar-refractivity contribution in [1.82, 2.24) is 4.90 Å². The van der Waals surface area contributed by atoms with Crippen LogP contribution in [0.1, 0.15) is 61.0 Å². The monoisotopic (exact) mass is 547 g/mol. The van der Waals surface area contributed by atoms with Crippen LogP contribution in [-0.2, 0) is 17.1 Å². The van der Waals surface area contributed by atoms with Crippen LogP contribution < -0.4 is 4.74 Å². The first-order valence-electron chi connectivity index (χ1n) is 11.6. The van der Waals surface area contributed by atoms with Gasteiger partial charge in [-0.1, -0.05) is 11.6 Å². The number of cyclic esters (lactones) is 1. The topological polar surface area (TPSA) is 38.8 Å². The molecule has 1 aliphatic heterocycles. The van der Waals surface area contributed by atoms with Crippen molar-refractivity contribution in [2.45, 2.75) is 57.1 Å². The molecule has 1 fully saturated rings. The minimum atomic E-state index is -5.00. The standard InChI is InChI=1S/C26H24ClF6NO3/c1-14-23(16-9-17(25(28,29)30)11-18(10-16)26(31,32)33)37-24(35)34(14)13-15-5-3-4-6-20(15)21-12-19(27)7-8-22(21)36-2/h7-12,14,23H,3-6,13H2,1-2H3/t14-,23-/m0/s1. The Hall–Kier alpha value is -2.88. The third-order valence-electron chi connectivity index (χ3n) is 6.76. The molecule has 2 aromatic carbocycles. The smallest absolute Gasteiger partial charge is 0.416 e. The SMILES string of the molecule is COc1ccc(Cl)cc1C1=C(CN2C(=O)O[C@H](c3cc(C(F)(F)F)cc(C(F)(F)F)c3)[C@@H]2C)CCCC1. The van der Waals surface area contributed by atoms with Crippen LogP contribution in [0.2, 0.25) is 5.02 Å². The van der Waals surface area contributed by atoms with Crippen molar-refractivity contribution in [1.29, 1.82) is 0 Å². The zero-order valence-corrected chi connectivity index (χ0v) is 20.7. The lowest BCUT2D eigenvalue weighted by atomic mass is 9.86. The van der Waals surface area contributed by atoms with Crippen LogP contribution in [0.4, 0.5) is 31.1 Å². The second-order valence-corrected chi connectivity index (χ2v) is 9.58. The van der Waals surface area contributed by atoms with Crippen molar-refractivity contribution < 1.29 is 40.6 Å². The fourth-order valence-corrected chi connectivity index (χ4v) is 5.06. The first-order valence-corrected chi connectivity index (χ1v) is 12.0. The van der Waals surface area contributed by atoms with Gasteiger partial charge < -0.3 is 9.47 Å². The van der Waals surface area contributed by atoms with Crippen molar-refractivity contribution in [3.8, 4) is 5.75 Å². The molecule has 1 heterocycles. The van der Waals surface area contributed by atoms with E-state index in [0.29, 0.717) is 35.7 Å². The highest BCUT2D eigenvalue weighted by atomic mass is 35.5. The normalized spacial score (nSPS) is 20.9. The summed E-state index contributed by atoms with van der Waals surface area (Å²) in [6, 6.07) is 5.67. The Morgan fingerprint density at radius 2 is 1.62 bits per heavy atom. The summed E-state index contributed by atoms with van der Waals surface area (Å²) in [7, 11) is 1.53. The number of ether oxygens (including phenoxy) is 2. The maximum Gasteiger partial charge on any atom is 0.416 e. The number of carbonyl (C=O) groups is 1. The number of halogens is 7. The maximum absolute atomic E-state index is 13.4. The number of benzene rings is 2. The molecule has 2 aliphatic rings. The molecule has 0 radical (unpaired) electrons. The van der Waals surface area contributed by atoms with Gasteiger partial charge in [-0.25, -0.2) is 4.79 Å². The van der Waals surface area contributed by atoms with Crippen molar-refractivity contribution in [2.75, 3.05) is 13.7 Å². The van der Waals surface area contributed by atoms with Gasteiger partial charge in [-0.15, -0.1) is 0 Å². The largest absolute Gasteiger partial charge is 0.496 e. The van der Waals surface area contributed by atoms with E-state index in [0.717, 1.165) is 29.6 Å². The Bertz CT molecular complexity index is 1190. The van der Waals surface area contributed by atoms with Crippen LogP contribution in [0.25, 0.3) is 5.57 Å². The molecule has 37 heavy (non-hydrogen) atoms. The van der Waals surface area contributed by atoms with Gasteiger partial charge in [-0.2, -0.15) is 26.3 Å². The number of rotatable bonds is 5. The molecule has 2 atom stereocenters. The Kier molecular flexibility index (Phi) is 7.43. The summed E-state index contributed by atoms with van der Waals surface area (Å²) in [5.74, 6) is 0.609. The summed E-state index contributed by atoms with van der Waals surface area (Å²) in [6.07, 6.45) is -8.97. The van der Waals surface area contributed by atoms with Gasteiger partial charge in [0, 0.05) is 17.1 Å². The number of hydrogen-bond acceptors (Lipinski definition) is 3. The zero-order valence-electron chi connectivity index (χ0n) is 20.0. The van der Waals surface area contributed by atoms with E-state index in [-0.39, 0.29) is 18.2 Å². The Labute approximate surface area is 214 Å². The number of amides is 1. The lowest BCUT2D eigenvalue weighted by molar-refractivity contribution is -0.143. The predicted octanol–water partition coefficient (Wildman–Crippen LogP) is 8.30. The van der Waals surface area contributed by atoms with Gasteiger partial charge in [0.15, 0.2) is 0 Å². The first-order chi connectivity index (χ1) is 17.3. The Morgan fingerprint density at radius 3 is 2.22 bits per heavy atom. The molecule has 11 heteroatoms. The minimum absolute atomic E-state index is 0.0558. The first kappa shape index (κ1) is 27.2. The van der Waals surface area contributed by atoms with Crippen LogP contribution >= 0.6 is 11.6 Å². The predicted molar refractivity (Wildman–Crippen MR) is 125 cm³/mol. The molecule has 4 rings (SSSR count). The lowest BCUT2D eigenvalue weighted by Gasteiger charge is -2.27. The highest BCUT2D eigenvalue weighted by Crippen LogP contribution is 2.43. The molecule has 4 nitrogen and oxygen atoms in total. The Morgan fingerprint density at radius 1 is 1.00 bits per heavy atom. The quantitative estimate of drug-likeness (QED) is 0.353. The van der Waals surface area contributed by atoms with E-state index in [1.54, 1.807) is 25.1 Å².